The third-order valence-electron chi connectivity index (χ3n) is 2.98. The van der Waals surface area contributed by atoms with Crippen molar-refractivity contribution in [3.8, 4) is 0 Å². The molecule has 8 heteroatoms. The molecule has 0 bridgehead atoms. The van der Waals surface area contributed by atoms with Crippen LogP contribution < -0.4 is 5.32 Å². The van der Waals surface area contributed by atoms with Gasteiger partial charge in [-0.15, -0.1) is 0 Å². The summed E-state index contributed by atoms with van der Waals surface area (Å²) in [5.74, 6) is -1.80. The van der Waals surface area contributed by atoms with Gasteiger partial charge in [0, 0.05) is 23.2 Å². The van der Waals surface area contributed by atoms with Crippen molar-refractivity contribution in [2.75, 3.05) is 5.32 Å². The highest BCUT2D eigenvalue weighted by Crippen LogP contribution is 2.21. The molecule has 0 spiro atoms. The van der Waals surface area contributed by atoms with Crippen LogP contribution in [0.15, 0.2) is 48.5 Å². The number of anilines is 1. The first kappa shape index (κ1) is 17.2. The van der Waals surface area contributed by atoms with Gasteiger partial charge >= 0.3 is 5.97 Å². The number of carbonyl (C=O) groups excluding carboxylic acids is 1. The first-order valence-electron chi connectivity index (χ1n) is 6.63. The summed E-state index contributed by atoms with van der Waals surface area (Å²) in [6.45, 7) is 0. The second-order valence-corrected chi connectivity index (χ2v) is 5.11. The summed E-state index contributed by atoms with van der Waals surface area (Å²) >= 11 is 5.73. The SMILES string of the molecule is O=C(/C=C/c1cccc([N+](=O)[O-])c1)Nc1ccc(Cl)cc1C(=O)O. The summed E-state index contributed by atoms with van der Waals surface area (Å²) in [7, 11) is 0. The van der Waals surface area contributed by atoms with Crippen molar-refractivity contribution < 1.29 is 19.6 Å². The van der Waals surface area contributed by atoms with E-state index in [0.717, 1.165) is 6.08 Å². The predicted octanol–water partition coefficient (Wildman–Crippen LogP) is 3.60. The number of nitrogens with one attached hydrogen (secondary N) is 1. The summed E-state index contributed by atoms with van der Waals surface area (Å²) < 4.78 is 0. The first-order chi connectivity index (χ1) is 11.4. The highest BCUT2D eigenvalue weighted by atomic mass is 35.5. The van der Waals surface area contributed by atoms with E-state index in [1.165, 1.54) is 42.5 Å². The number of carboxylic acids is 1. The van der Waals surface area contributed by atoms with Crippen molar-refractivity contribution in [2.24, 2.45) is 0 Å². The molecule has 2 aromatic rings. The summed E-state index contributed by atoms with van der Waals surface area (Å²) in [5, 5.41) is 22.5. The lowest BCUT2D eigenvalue weighted by Crippen LogP contribution is -2.12. The molecule has 0 radical (unpaired) electrons. The van der Waals surface area contributed by atoms with Crippen molar-refractivity contribution in [3.63, 3.8) is 0 Å². The number of benzene rings is 2. The van der Waals surface area contributed by atoms with E-state index < -0.39 is 16.8 Å². The summed E-state index contributed by atoms with van der Waals surface area (Å²) in [4.78, 5) is 33.2. The summed E-state index contributed by atoms with van der Waals surface area (Å²) in [5.41, 5.74) is 0.331. The van der Waals surface area contributed by atoms with Gasteiger partial charge in [-0.05, 0) is 29.8 Å². The van der Waals surface area contributed by atoms with Crippen LogP contribution in [-0.4, -0.2) is 21.9 Å². The predicted molar refractivity (Wildman–Crippen MR) is 89.2 cm³/mol. The molecule has 0 unspecified atom stereocenters. The molecule has 0 aliphatic heterocycles. The van der Waals surface area contributed by atoms with Crippen LogP contribution >= 0.6 is 11.6 Å². The van der Waals surface area contributed by atoms with Gasteiger partial charge in [-0.2, -0.15) is 0 Å². The molecule has 0 saturated heterocycles. The Hall–Kier alpha value is -3.19. The number of halogens is 1. The van der Waals surface area contributed by atoms with Crippen molar-refractivity contribution in [1.29, 1.82) is 0 Å². The standard InChI is InChI=1S/C16H11ClN2O5/c17-11-5-6-14(13(9-11)16(21)22)18-15(20)7-4-10-2-1-3-12(8-10)19(23)24/h1-9H,(H,18,20)(H,21,22)/b7-4+. The monoisotopic (exact) mass is 346 g/mol. The van der Waals surface area contributed by atoms with E-state index in [9.17, 15) is 19.7 Å². The van der Waals surface area contributed by atoms with E-state index in [1.807, 2.05) is 0 Å². The number of hydrogen-bond acceptors (Lipinski definition) is 4. The largest absolute Gasteiger partial charge is 0.478 e. The van der Waals surface area contributed by atoms with Crippen LogP contribution in [0, 0.1) is 10.1 Å². The zero-order valence-electron chi connectivity index (χ0n) is 12.1. The van der Waals surface area contributed by atoms with Gasteiger partial charge in [-0.1, -0.05) is 23.7 Å². The minimum atomic E-state index is -1.23. The molecule has 0 heterocycles. The Morgan fingerprint density at radius 3 is 2.62 bits per heavy atom. The minimum Gasteiger partial charge on any atom is -0.478 e. The molecule has 7 nitrogen and oxygen atoms in total. The fourth-order valence-electron chi connectivity index (χ4n) is 1.89. The number of non-ortho nitro benzene ring substituents is 1. The van der Waals surface area contributed by atoms with E-state index in [-0.39, 0.29) is 22.0 Å². The second-order valence-electron chi connectivity index (χ2n) is 4.67. The number of hydrogen-bond donors (Lipinski definition) is 2. The van der Waals surface area contributed by atoms with Crippen LogP contribution in [-0.2, 0) is 4.79 Å². The summed E-state index contributed by atoms with van der Waals surface area (Å²) in [6, 6.07) is 9.81. The molecule has 122 valence electrons. The van der Waals surface area contributed by atoms with E-state index in [4.69, 9.17) is 16.7 Å². The fraction of sp³-hybridized carbons (Fsp3) is 0. The Morgan fingerprint density at radius 2 is 1.96 bits per heavy atom. The molecule has 0 fully saturated rings. The lowest BCUT2D eigenvalue weighted by atomic mass is 10.1. The molecule has 0 saturated carbocycles. The van der Waals surface area contributed by atoms with Crippen molar-refractivity contribution in [3.05, 3.63) is 74.8 Å². The molecule has 0 atom stereocenters. The van der Waals surface area contributed by atoms with E-state index >= 15 is 0 Å². The first-order valence-corrected chi connectivity index (χ1v) is 7.01. The van der Waals surface area contributed by atoms with Crippen LogP contribution in [0.2, 0.25) is 5.02 Å². The van der Waals surface area contributed by atoms with Gasteiger partial charge in [0.2, 0.25) is 5.91 Å². The number of carbonyl (C=O) groups is 2. The number of amides is 1. The Balaban J connectivity index is 2.15. The number of nitro groups is 1. The summed E-state index contributed by atoms with van der Waals surface area (Å²) in [6.07, 6.45) is 2.54. The third-order valence-corrected chi connectivity index (χ3v) is 3.21. The fourth-order valence-corrected chi connectivity index (χ4v) is 2.06. The van der Waals surface area contributed by atoms with Gasteiger partial charge < -0.3 is 10.4 Å². The molecule has 24 heavy (non-hydrogen) atoms. The van der Waals surface area contributed by atoms with Gasteiger partial charge in [-0.3, -0.25) is 14.9 Å². The smallest absolute Gasteiger partial charge is 0.337 e. The average molecular weight is 347 g/mol. The maximum absolute atomic E-state index is 11.9. The maximum Gasteiger partial charge on any atom is 0.337 e. The Bertz CT molecular complexity index is 848. The highest BCUT2D eigenvalue weighted by Gasteiger charge is 2.12. The topological polar surface area (TPSA) is 110 Å². The molecule has 0 aromatic heterocycles. The van der Waals surface area contributed by atoms with Crippen LogP contribution in [0.1, 0.15) is 15.9 Å². The van der Waals surface area contributed by atoms with Crippen molar-refractivity contribution >= 4 is 40.9 Å². The highest BCUT2D eigenvalue weighted by molar-refractivity contribution is 6.31. The molecule has 1 amide bonds. The Labute approximate surface area is 141 Å². The van der Waals surface area contributed by atoms with Gasteiger partial charge in [0.15, 0.2) is 0 Å². The van der Waals surface area contributed by atoms with E-state index in [0.29, 0.717) is 5.56 Å². The van der Waals surface area contributed by atoms with Gasteiger partial charge in [-0.25, -0.2) is 4.79 Å². The Morgan fingerprint density at radius 1 is 1.21 bits per heavy atom. The van der Waals surface area contributed by atoms with Crippen LogP contribution in [0.3, 0.4) is 0 Å². The minimum absolute atomic E-state index is 0.0941. The van der Waals surface area contributed by atoms with E-state index in [2.05, 4.69) is 5.32 Å². The average Bonchev–Trinajstić information content (AvgIpc) is 2.54. The third kappa shape index (κ3) is 4.40. The molecule has 2 rings (SSSR count). The zero-order valence-corrected chi connectivity index (χ0v) is 12.9. The normalized spacial score (nSPS) is 10.5. The zero-order chi connectivity index (χ0) is 17.7. The molecule has 2 N–H and O–H groups in total. The number of nitrogens with zero attached hydrogens (tertiary/aromatic N) is 1. The molecular weight excluding hydrogens is 336 g/mol. The second kappa shape index (κ2) is 7.38. The lowest BCUT2D eigenvalue weighted by Gasteiger charge is -2.06. The maximum atomic E-state index is 11.9. The number of carboxylic acid groups (broad SMARTS) is 1. The van der Waals surface area contributed by atoms with Crippen molar-refractivity contribution in [2.45, 2.75) is 0 Å². The molecule has 0 aliphatic rings. The van der Waals surface area contributed by atoms with Crippen LogP contribution in [0.25, 0.3) is 6.08 Å². The molecule has 0 aliphatic carbocycles. The van der Waals surface area contributed by atoms with E-state index in [1.54, 1.807) is 6.07 Å². The van der Waals surface area contributed by atoms with Gasteiger partial charge in [0.05, 0.1) is 16.2 Å². The number of aromatic carboxylic acids is 1. The molecular formula is C16H11ClN2O5. The lowest BCUT2D eigenvalue weighted by molar-refractivity contribution is -0.384. The number of rotatable bonds is 5. The number of nitro benzene ring substituents is 1. The quantitative estimate of drug-likeness (QED) is 0.488. The van der Waals surface area contributed by atoms with Crippen molar-refractivity contribution in [1.82, 2.24) is 0 Å². The van der Waals surface area contributed by atoms with Crippen LogP contribution in [0.5, 0.6) is 0 Å². The molecule has 2 aromatic carbocycles. The van der Waals surface area contributed by atoms with Gasteiger partial charge in [0.25, 0.3) is 5.69 Å². The Kier molecular flexibility index (Phi) is 5.28. The van der Waals surface area contributed by atoms with Crippen LogP contribution in [0.4, 0.5) is 11.4 Å². The van der Waals surface area contributed by atoms with Gasteiger partial charge in [0.1, 0.15) is 0 Å².